The lowest BCUT2D eigenvalue weighted by Gasteiger charge is -2.42. The Morgan fingerprint density at radius 3 is 2.38 bits per heavy atom. The molecule has 0 aliphatic rings. The lowest BCUT2D eigenvalue weighted by Crippen LogP contribution is -2.57. The van der Waals surface area contributed by atoms with Crippen molar-refractivity contribution >= 4 is 40.7 Å². The predicted octanol–water partition coefficient (Wildman–Crippen LogP) is 5.25. The molecule has 0 spiro atoms. The van der Waals surface area contributed by atoms with Crippen LogP contribution in [0.3, 0.4) is 0 Å². The minimum Gasteiger partial charge on any atom is -0.480 e. The Kier molecular flexibility index (Phi) is 8.12. The molecule has 34 heavy (non-hydrogen) atoms. The van der Waals surface area contributed by atoms with E-state index in [1.165, 1.54) is 4.90 Å². The molecule has 0 aliphatic heterocycles. The average Bonchev–Trinajstić information content (AvgIpc) is 3.32. The van der Waals surface area contributed by atoms with E-state index in [1.54, 1.807) is 41.7 Å². The Hall–Kier alpha value is -3.16. The Balaban J connectivity index is 2.03. The van der Waals surface area contributed by atoms with Crippen LogP contribution in [0.15, 0.2) is 66.0 Å². The summed E-state index contributed by atoms with van der Waals surface area (Å²) >= 11 is 7.57. The minimum absolute atomic E-state index is 0.0783. The first-order valence-corrected chi connectivity index (χ1v) is 12.1. The summed E-state index contributed by atoms with van der Waals surface area (Å²) in [4.78, 5) is 40.0. The third kappa shape index (κ3) is 6.24. The molecule has 0 unspecified atom stereocenters. The van der Waals surface area contributed by atoms with Crippen molar-refractivity contribution in [2.75, 3.05) is 0 Å². The fourth-order valence-corrected chi connectivity index (χ4v) is 4.90. The summed E-state index contributed by atoms with van der Waals surface area (Å²) in [6.45, 7) is 3.64. The fourth-order valence-electron chi connectivity index (χ4n) is 4.05. The third-order valence-electron chi connectivity index (χ3n) is 5.60. The highest BCUT2D eigenvalue weighted by atomic mass is 35.5. The van der Waals surface area contributed by atoms with E-state index in [-0.39, 0.29) is 12.8 Å². The van der Waals surface area contributed by atoms with Gasteiger partial charge in [-0.25, -0.2) is 4.79 Å². The van der Waals surface area contributed by atoms with Gasteiger partial charge < -0.3 is 15.7 Å². The monoisotopic (exact) mass is 498 g/mol. The van der Waals surface area contributed by atoms with E-state index < -0.39 is 29.4 Å². The number of rotatable bonds is 10. The van der Waals surface area contributed by atoms with Crippen LogP contribution in [-0.2, 0) is 16.0 Å². The Morgan fingerprint density at radius 1 is 1.09 bits per heavy atom. The Labute approximate surface area is 208 Å². The molecule has 0 saturated heterocycles. The van der Waals surface area contributed by atoms with Crippen molar-refractivity contribution in [1.29, 1.82) is 0 Å². The van der Waals surface area contributed by atoms with Crippen molar-refractivity contribution < 1.29 is 19.5 Å². The maximum atomic E-state index is 13.9. The van der Waals surface area contributed by atoms with E-state index in [0.717, 1.165) is 16.0 Å². The molecule has 2 amide bonds. The summed E-state index contributed by atoms with van der Waals surface area (Å²) in [5.41, 5.74) is 6.56. The van der Waals surface area contributed by atoms with E-state index in [0.29, 0.717) is 17.0 Å². The fraction of sp³-hybridized carbons (Fsp3) is 0.269. The number of nitrogens with two attached hydrogens (primary N) is 1. The van der Waals surface area contributed by atoms with Gasteiger partial charge in [-0.3, -0.25) is 9.59 Å². The zero-order chi connectivity index (χ0) is 24.9. The van der Waals surface area contributed by atoms with E-state index in [2.05, 4.69) is 0 Å². The molecule has 8 heteroatoms. The highest BCUT2D eigenvalue weighted by Crippen LogP contribution is 2.30. The molecule has 1 atom stereocenters. The second kappa shape index (κ2) is 10.8. The zero-order valence-corrected chi connectivity index (χ0v) is 20.6. The van der Waals surface area contributed by atoms with E-state index in [1.807, 2.05) is 49.6 Å². The van der Waals surface area contributed by atoms with E-state index in [9.17, 15) is 19.5 Å². The highest BCUT2D eigenvalue weighted by molar-refractivity contribution is 7.13. The highest BCUT2D eigenvalue weighted by Gasteiger charge is 2.40. The number of halogens is 1. The van der Waals surface area contributed by atoms with Gasteiger partial charge in [0.25, 0.3) is 5.91 Å². The van der Waals surface area contributed by atoms with Crippen LogP contribution >= 0.6 is 22.9 Å². The van der Waals surface area contributed by atoms with Crippen LogP contribution in [0.25, 0.3) is 10.4 Å². The van der Waals surface area contributed by atoms with Crippen molar-refractivity contribution in [2.24, 2.45) is 5.73 Å². The summed E-state index contributed by atoms with van der Waals surface area (Å²) in [5, 5.41) is 12.6. The third-order valence-corrected chi connectivity index (χ3v) is 6.77. The molecule has 1 aromatic heterocycles. The molecule has 3 N–H and O–H groups in total. The number of thiophene rings is 1. The molecule has 3 rings (SSSR count). The maximum absolute atomic E-state index is 13.9. The summed E-state index contributed by atoms with van der Waals surface area (Å²) in [5.74, 6) is -2.23. The molecule has 0 bridgehead atoms. The largest absolute Gasteiger partial charge is 0.480 e. The first kappa shape index (κ1) is 25.5. The molecule has 0 saturated carbocycles. The van der Waals surface area contributed by atoms with Crippen LogP contribution in [0.2, 0.25) is 5.02 Å². The number of amides is 2. The number of carbonyl (C=O) groups excluding carboxylic acids is 2. The molecule has 0 fully saturated rings. The summed E-state index contributed by atoms with van der Waals surface area (Å²) in [6, 6.07) is 17.0. The van der Waals surface area contributed by atoms with Gasteiger partial charge in [0.05, 0.1) is 0 Å². The summed E-state index contributed by atoms with van der Waals surface area (Å²) in [6.07, 6.45) is 0.166. The molecular weight excluding hydrogens is 472 g/mol. The standard InChI is InChI=1S/C26H27ClN2O4S/c1-26(2,16-17-8-10-20(27)11-9-17)29(21(25(32)33)12-13-23(28)30)24(31)19-6-3-5-18(15-19)22-7-4-14-34-22/h3-11,14-15,21H,12-13,16H2,1-2H3,(H2,28,30)(H,32,33)/t21-/m0/s1. The van der Waals surface area contributed by atoms with Gasteiger partial charge in [0.2, 0.25) is 5.91 Å². The van der Waals surface area contributed by atoms with Crippen molar-refractivity contribution in [3.8, 4) is 10.4 Å². The van der Waals surface area contributed by atoms with Gasteiger partial charge in [0, 0.05) is 27.4 Å². The van der Waals surface area contributed by atoms with Crippen LogP contribution in [0.5, 0.6) is 0 Å². The van der Waals surface area contributed by atoms with Gasteiger partial charge in [0.1, 0.15) is 6.04 Å². The number of aliphatic carboxylic acids is 1. The SMILES string of the molecule is CC(C)(Cc1ccc(Cl)cc1)N(C(=O)c1cccc(-c2cccs2)c1)[C@@H](CCC(N)=O)C(=O)O. The van der Waals surface area contributed by atoms with Gasteiger partial charge >= 0.3 is 5.97 Å². The molecule has 6 nitrogen and oxygen atoms in total. The predicted molar refractivity (Wildman–Crippen MR) is 135 cm³/mol. The normalized spacial score (nSPS) is 12.2. The molecule has 178 valence electrons. The van der Waals surface area contributed by atoms with Crippen molar-refractivity contribution in [1.82, 2.24) is 4.90 Å². The van der Waals surface area contributed by atoms with Crippen molar-refractivity contribution in [3.63, 3.8) is 0 Å². The molecule has 3 aromatic rings. The number of primary amides is 1. The Morgan fingerprint density at radius 2 is 1.79 bits per heavy atom. The lowest BCUT2D eigenvalue weighted by atomic mass is 9.89. The second-order valence-corrected chi connectivity index (χ2v) is 10.1. The lowest BCUT2D eigenvalue weighted by molar-refractivity contribution is -0.144. The van der Waals surface area contributed by atoms with E-state index >= 15 is 0 Å². The van der Waals surface area contributed by atoms with Crippen LogP contribution in [0, 0.1) is 0 Å². The average molecular weight is 499 g/mol. The van der Waals surface area contributed by atoms with Gasteiger partial charge in [0.15, 0.2) is 0 Å². The number of benzene rings is 2. The summed E-state index contributed by atoms with van der Waals surface area (Å²) in [7, 11) is 0. The first-order valence-electron chi connectivity index (χ1n) is 10.8. The zero-order valence-electron chi connectivity index (χ0n) is 19.0. The topological polar surface area (TPSA) is 101 Å². The first-order chi connectivity index (χ1) is 16.1. The molecule has 1 heterocycles. The van der Waals surface area contributed by atoms with E-state index in [4.69, 9.17) is 17.3 Å². The smallest absolute Gasteiger partial charge is 0.326 e. The number of hydrogen-bond acceptors (Lipinski definition) is 4. The quantitative estimate of drug-likeness (QED) is 0.398. The molecule has 0 aliphatic carbocycles. The van der Waals surface area contributed by atoms with Gasteiger partial charge in [-0.15, -0.1) is 11.3 Å². The van der Waals surface area contributed by atoms with Crippen molar-refractivity contribution in [2.45, 2.75) is 44.7 Å². The molecular formula is C26H27ClN2O4S. The molecule has 2 aromatic carbocycles. The van der Waals surface area contributed by atoms with Gasteiger partial charge in [-0.1, -0.05) is 41.9 Å². The number of carbonyl (C=O) groups is 3. The number of hydrogen-bond donors (Lipinski definition) is 2. The minimum atomic E-state index is -1.23. The van der Waals surface area contributed by atoms with Crippen molar-refractivity contribution in [3.05, 3.63) is 82.2 Å². The van der Waals surface area contributed by atoms with Crippen LogP contribution < -0.4 is 5.73 Å². The van der Waals surface area contributed by atoms with Crippen LogP contribution in [-0.4, -0.2) is 39.4 Å². The second-order valence-electron chi connectivity index (χ2n) is 8.71. The molecule has 0 radical (unpaired) electrons. The van der Waals surface area contributed by atoms with Crippen LogP contribution in [0.4, 0.5) is 0 Å². The number of carboxylic acids is 1. The number of carboxylic acid groups (broad SMARTS) is 1. The van der Waals surface area contributed by atoms with Gasteiger partial charge in [-0.2, -0.15) is 0 Å². The summed E-state index contributed by atoms with van der Waals surface area (Å²) < 4.78 is 0. The van der Waals surface area contributed by atoms with Gasteiger partial charge in [-0.05, 0) is 73.5 Å². The Bertz CT molecular complexity index is 1160. The van der Waals surface area contributed by atoms with Crippen LogP contribution in [0.1, 0.15) is 42.6 Å². The maximum Gasteiger partial charge on any atom is 0.326 e. The number of nitrogens with zero attached hydrogens (tertiary/aromatic N) is 1.